The number of hydrogen-bond acceptors (Lipinski definition) is 5. The molecule has 0 saturated heterocycles. The Morgan fingerprint density at radius 3 is 2.38 bits per heavy atom. The van der Waals surface area contributed by atoms with Crippen molar-refractivity contribution in [2.75, 3.05) is 7.11 Å². The van der Waals surface area contributed by atoms with E-state index in [1.807, 2.05) is 24.3 Å². The summed E-state index contributed by atoms with van der Waals surface area (Å²) in [6.07, 6.45) is 0.578. The average Bonchev–Trinajstić information content (AvgIpc) is 2.44. The summed E-state index contributed by atoms with van der Waals surface area (Å²) < 4.78 is 5.10. The molecule has 0 aliphatic carbocycles. The zero-order valence-electron chi connectivity index (χ0n) is 11.5. The largest absolute Gasteiger partial charge is 0.508 e. The molecule has 0 spiro atoms. The smallest absolute Gasteiger partial charge is 0.170 e. The standard InChI is InChI=1S/C16H16O5/c1-21-12-4-2-3-10(7-12)5-6-13(18)16-14(19)8-11(17)9-15(16)20/h2-4,7-9,17,19-20H,5-6H2,1H3. The maximum atomic E-state index is 12.1. The maximum absolute atomic E-state index is 12.1. The number of rotatable bonds is 5. The van der Waals surface area contributed by atoms with Crippen molar-refractivity contribution < 1.29 is 24.9 Å². The number of Topliss-reactive ketones (excluding diaryl/α,β-unsaturated/α-hetero) is 1. The Kier molecular flexibility index (Phi) is 4.33. The van der Waals surface area contributed by atoms with Crippen LogP contribution in [0.15, 0.2) is 36.4 Å². The van der Waals surface area contributed by atoms with Gasteiger partial charge < -0.3 is 20.1 Å². The SMILES string of the molecule is COc1cccc(CCC(=O)c2c(O)cc(O)cc2O)c1. The summed E-state index contributed by atoms with van der Waals surface area (Å²) in [6.45, 7) is 0. The quantitative estimate of drug-likeness (QED) is 0.736. The van der Waals surface area contributed by atoms with Gasteiger partial charge in [0.05, 0.1) is 7.11 Å². The van der Waals surface area contributed by atoms with Gasteiger partial charge in [0.15, 0.2) is 5.78 Å². The predicted octanol–water partition coefficient (Wildman–Crippen LogP) is 2.63. The molecule has 0 saturated carbocycles. The van der Waals surface area contributed by atoms with E-state index in [-0.39, 0.29) is 17.7 Å². The van der Waals surface area contributed by atoms with Crippen LogP contribution in [0.5, 0.6) is 23.0 Å². The topological polar surface area (TPSA) is 87.0 Å². The number of ether oxygens (including phenoxy) is 1. The lowest BCUT2D eigenvalue weighted by Crippen LogP contribution is -2.02. The Hall–Kier alpha value is -2.69. The highest BCUT2D eigenvalue weighted by atomic mass is 16.5. The summed E-state index contributed by atoms with van der Waals surface area (Å²) in [5.74, 6) is -0.844. The number of benzene rings is 2. The average molecular weight is 288 g/mol. The van der Waals surface area contributed by atoms with Crippen molar-refractivity contribution in [1.82, 2.24) is 0 Å². The molecule has 0 fully saturated rings. The zero-order chi connectivity index (χ0) is 15.4. The summed E-state index contributed by atoms with van der Waals surface area (Å²) in [4.78, 5) is 12.1. The van der Waals surface area contributed by atoms with E-state index in [0.717, 1.165) is 17.7 Å². The minimum Gasteiger partial charge on any atom is -0.508 e. The molecule has 5 heteroatoms. The van der Waals surface area contributed by atoms with Crippen molar-refractivity contribution in [2.45, 2.75) is 12.8 Å². The van der Waals surface area contributed by atoms with Crippen molar-refractivity contribution >= 4 is 5.78 Å². The molecule has 0 radical (unpaired) electrons. The highest BCUT2D eigenvalue weighted by Crippen LogP contribution is 2.33. The summed E-state index contributed by atoms with van der Waals surface area (Å²) >= 11 is 0. The molecule has 0 heterocycles. The van der Waals surface area contributed by atoms with Gasteiger partial charge in [-0.2, -0.15) is 0 Å². The van der Waals surface area contributed by atoms with Gasteiger partial charge in [-0.3, -0.25) is 4.79 Å². The fourth-order valence-electron chi connectivity index (χ4n) is 2.09. The number of phenolic OH excluding ortho intramolecular Hbond substituents is 3. The Bertz CT molecular complexity index is 640. The number of hydrogen-bond donors (Lipinski definition) is 3. The fourth-order valence-corrected chi connectivity index (χ4v) is 2.09. The Labute approximate surface area is 122 Å². The van der Waals surface area contributed by atoms with Gasteiger partial charge in [0, 0.05) is 18.6 Å². The van der Waals surface area contributed by atoms with E-state index in [0.29, 0.717) is 12.2 Å². The maximum Gasteiger partial charge on any atom is 0.170 e. The number of aromatic hydroxyl groups is 3. The monoisotopic (exact) mass is 288 g/mol. The van der Waals surface area contributed by atoms with Crippen molar-refractivity contribution in [3.05, 3.63) is 47.5 Å². The Morgan fingerprint density at radius 2 is 1.76 bits per heavy atom. The second kappa shape index (κ2) is 6.17. The van der Waals surface area contributed by atoms with E-state index in [1.165, 1.54) is 0 Å². The van der Waals surface area contributed by atoms with E-state index in [4.69, 9.17) is 4.74 Å². The Morgan fingerprint density at radius 1 is 1.10 bits per heavy atom. The summed E-state index contributed by atoms with van der Waals surface area (Å²) in [5.41, 5.74) is 0.746. The van der Waals surface area contributed by atoms with Crippen LogP contribution in [0.3, 0.4) is 0 Å². The highest BCUT2D eigenvalue weighted by molar-refractivity contribution is 6.01. The molecule has 0 bridgehead atoms. The van der Waals surface area contributed by atoms with Gasteiger partial charge in [-0.05, 0) is 24.1 Å². The summed E-state index contributed by atoms with van der Waals surface area (Å²) in [7, 11) is 1.57. The molecule has 0 atom stereocenters. The molecule has 110 valence electrons. The number of carbonyl (C=O) groups excluding carboxylic acids is 1. The molecule has 2 aromatic carbocycles. The fraction of sp³-hybridized carbons (Fsp3) is 0.188. The number of carbonyl (C=O) groups is 1. The molecular weight excluding hydrogens is 272 g/mol. The predicted molar refractivity (Wildman–Crippen MR) is 77.1 cm³/mol. The van der Waals surface area contributed by atoms with Crippen molar-refractivity contribution in [2.24, 2.45) is 0 Å². The molecule has 0 aliphatic rings. The third-order valence-corrected chi connectivity index (χ3v) is 3.14. The second-order valence-corrected chi connectivity index (χ2v) is 4.63. The first-order valence-corrected chi connectivity index (χ1v) is 6.42. The summed E-state index contributed by atoms with van der Waals surface area (Å²) in [6, 6.07) is 9.38. The third-order valence-electron chi connectivity index (χ3n) is 3.14. The van der Waals surface area contributed by atoms with E-state index >= 15 is 0 Å². The van der Waals surface area contributed by atoms with E-state index in [9.17, 15) is 20.1 Å². The van der Waals surface area contributed by atoms with Gasteiger partial charge in [0.1, 0.15) is 28.6 Å². The van der Waals surface area contributed by atoms with Crippen LogP contribution in [0.1, 0.15) is 22.3 Å². The van der Waals surface area contributed by atoms with E-state index < -0.39 is 17.3 Å². The highest BCUT2D eigenvalue weighted by Gasteiger charge is 2.17. The molecular formula is C16H16O5. The number of aryl methyl sites for hydroxylation is 1. The second-order valence-electron chi connectivity index (χ2n) is 4.63. The van der Waals surface area contributed by atoms with Crippen LogP contribution >= 0.6 is 0 Å². The van der Waals surface area contributed by atoms with Crippen LogP contribution in [0.2, 0.25) is 0 Å². The summed E-state index contributed by atoms with van der Waals surface area (Å²) in [5, 5.41) is 28.5. The van der Waals surface area contributed by atoms with Gasteiger partial charge in [-0.1, -0.05) is 12.1 Å². The van der Waals surface area contributed by atoms with Gasteiger partial charge in [-0.25, -0.2) is 0 Å². The first kappa shape index (κ1) is 14.7. The minimum atomic E-state index is -0.428. The lowest BCUT2D eigenvalue weighted by atomic mass is 10.0. The Balaban J connectivity index is 2.12. The lowest BCUT2D eigenvalue weighted by molar-refractivity contribution is 0.0977. The van der Waals surface area contributed by atoms with Crippen LogP contribution in [0.4, 0.5) is 0 Å². The first-order valence-electron chi connectivity index (χ1n) is 6.42. The molecule has 0 aromatic heterocycles. The molecule has 21 heavy (non-hydrogen) atoms. The molecule has 0 unspecified atom stereocenters. The van der Waals surface area contributed by atoms with E-state index in [2.05, 4.69) is 0 Å². The van der Waals surface area contributed by atoms with Crippen LogP contribution in [0, 0.1) is 0 Å². The lowest BCUT2D eigenvalue weighted by Gasteiger charge is -2.08. The van der Waals surface area contributed by atoms with E-state index in [1.54, 1.807) is 7.11 Å². The van der Waals surface area contributed by atoms with Gasteiger partial charge in [0.25, 0.3) is 0 Å². The molecule has 0 amide bonds. The van der Waals surface area contributed by atoms with Crippen molar-refractivity contribution in [1.29, 1.82) is 0 Å². The first-order chi connectivity index (χ1) is 10.0. The minimum absolute atomic E-state index is 0.124. The molecule has 3 N–H and O–H groups in total. The van der Waals surface area contributed by atoms with Crippen LogP contribution in [0.25, 0.3) is 0 Å². The molecule has 2 rings (SSSR count). The zero-order valence-corrected chi connectivity index (χ0v) is 11.5. The normalized spacial score (nSPS) is 10.3. The van der Waals surface area contributed by atoms with Gasteiger partial charge in [0.2, 0.25) is 0 Å². The number of ketones is 1. The number of methoxy groups -OCH3 is 1. The van der Waals surface area contributed by atoms with Crippen LogP contribution in [-0.2, 0) is 6.42 Å². The third kappa shape index (κ3) is 3.45. The van der Waals surface area contributed by atoms with Crippen LogP contribution < -0.4 is 4.74 Å². The van der Waals surface area contributed by atoms with Crippen molar-refractivity contribution in [3.63, 3.8) is 0 Å². The number of phenols is 3. The van der Waals surface area contributed by atoms with Gasteiger partial charge in [-0.15, -0.1) is 0 Å². The molecule has 2 aromatic rings. The van der Waals surface area contributed by atoms with Crippen LogP contribution in [-0.4, -0.2) is 28.2 Å². The molecule has 5 nitrogen and oxygen atoms in total. The molecule has 0 aliphatic heterocycles. The van der Waals surface area contributed by atoms with Crippen molar-refractivity contribution in [3.8, 4) is 23.0 Å². The van der Waals surface area contributed by atoms with Gasteiger partial charge >= 0.3 is 0 Å².